The lowest BCUT2D eigenvalue weighted by atomic mass is 10.0. The molecule has 3 aromatic rings. The largest absolute Gasteiger partial charge is 0.476 e. The molecule has 1 aromatic carbocycles. The lowest BCUT2D eigenvalue weighted by molar-refractivity contribution is 0.0691. The maximum atomic E-state index is 11.3. The zero-order valence-corrected chi connectivity index (χ0v) is 11.3. The third-order valence-electron chi connectivity index (χ3n) is 3.06. The van der Waals surface area contributed by atoms with Crippen LogP contribution in [0.4, 0.5) is 0 Å². The first kappa shape index (κ1) is 12.6. The van der Waals surface area contributed by atoms with E-state index in [0.717, 1.165) is 11.1 Å². The summed E-state index contributed by atoms with van der Waals surface area (Å²) < 4.78 is 1.47. The normalized spacial score (nSPS) is 10.9. The molecule has 0 unspecified atom stereocenters. The van der Waals surface area contributed by atoms with Crippen LogP contribution in [0.1, 0.15) is 10.5 Å². The van der Waals surface area contributed by atoms with Gasteiger partial charge >= 0.3 is 5.97 Å². The molecular formula is C14H10ClN3O2. The highest BCUT2D eigenvalue weighted by Gasteiger charge is 2.19. The van der Waals surface area contributed by atoms with E-state index < -0.39 is 5.97 Å². The van der Waals surface area contributed by atoms with Crippen LogP contribution in [0.25, 0.3) is 22.2 Å². The average molecular weight is 288 g/mol. The van der Waals surface area contributed by atoms with E-state index in [2.05, 4.69) is 10.1 Å². The van der Waals surface area contributed by atoms with Gasteiger partial charge in [-0.3, -0.25) is 0 Å². The monoisotopic (exact) mass is 287 g/mol. The Balaban J connectivity index is 2.39. The van der Waals surface area contributed by atoms with Crippen LogP contribution in [-0.2, 0) is 7.05 Å². The molecule has 0 aliphatic carbocycles. The van der Waals surface area contributed by atoms with Crippen LogP contribution < -0.4 is 0 Å². The van der Waals surface area contributed by atoms with Crippen LogP contribution in [0.3, 0.4) is 0 Å². The first-order valence-electron chi connectivity index (χ1n) is 5.89. The fourth-order valence-electron chi connectivity index (χ4n) is 2.22. The minimum Gasteiger partial charge on any atom is -0.476 e. The third kappa shape index (κ3) is 1.92. The number of carboxylic acids is 1. The molecule has 3 rings (SSSR count). The van der Waals surface area contributed by atoms with Crippen LogP contribution >= 0.6 is 11.6 Å². The van der Waals surface area contributed by atoms with E-state index in [1.807, 2.05) is 12.1 Å². The fraction of sp³-hybridized carbons (Fsp3) is 0.0714. The SMILES string of the molecule is Cn1nc(C(=O)O)c2c(-c3cccc(Cl)c3)ccnc21. The molecule has 2 heterocycles. The highest BCUT2D eigenvalue weighted by Crippen LogP contribution is 2.31. The van der Waals surface area contributed by atoms with Gasteiger partial charge in [0.05, 0.1) is 5.39 Å². The van der Waals surface area contributed by atoms with Crippen LogP contribution in [0, 0.1) is 0 Å². The Morgan fingerprint density at radius 2 is 2.15 bits per heavy atom. The molecule has 0 saturated heterocycles. The number of hydrogen-bond donors (Lipinski definition) is 1. The van der Waals surface area contributed by atoms with Gasteiger partial charge in [0, 0.05) is 18.3 Å². The van der Waals surface area contributed by atoms with Crippen molar-refractivity contribution in [2.45, 2.75) is 0 Å². The summed E-state index contributed by atoms with van der Waals surface area (Å²) in [5.74, 6) is -1.08. The molecule has 20 heavy (non-hydrogen) atoms. The van der Waals surface area contributed by atoms with E-state index in [1.54, 1.807) is 31.4 Å². The number of aryl methyl sites for hydroxylation is 1. The van der Waals surface area contributed by atoms with Gasteiger partial charge in [0.2, 0.25) is 0 Å². The van der Waals surface area contributed by atoms with Gasteiger partial charge in [0.1, 0.15) is 0 Å². The number of hydrogen-bond acceptors (Lipinski definition) is 3. The summed E-state index contributed by atoms with van der Waals surface area (Å²) in [4.78, 5) is 15.5. The van der Waals surface area contributed by atoms with E-state index in [1.165, 1.54) is 4.68 Å². The van der Waals surface area contributed by atoms with E-state index in [0.29, 0.717) is 16.1 Å². The van der Waals surface area contributed by atoms with Crippen molar-refractivity contribution in [3.8, 4) is 11.1 Å². The molecule has 0 atom stereocenters. The number of benzene rings is 1. The van der Waals surface area contributed by atoms with E-state index in [-0.39, 0.29) is 5.69 Å². The summed E-state index contributed by atoms with van der Waals surface area (Å²) in [6, 6.07) is 9.02. The Morgan fingerprint density at radius 3 is 2.85 bits per heavy atom. The number of rotatable bonds is 2. The maximum absolute atomic E-state index is 11.3. The van der Waals surface area contributed by atoms with Crippen molar-refractivity contribution in [2.24, 2.45) is 7.05 Å². The Bertz CT molecular complexity index is 826. The molecule has 0 bridgehead atoms. The molecule has 100 valence electrons. The molecule has 2 aromatic heterocycles. The molecule has 0 aliphatic rings. The molecule has 6 heteroatoms. The predicted molar refractivity (Wildman–Crippen MR) is 75.9 cm³/mol. The molecule has 0 fully saturated rings. The average Bonchev–Trinajstić information content (AvgIpc) is 2.77. The zero-order valence-electron chi connectivity index (χ0n) is 10.5. The van der Waals surface area contributed by atoms with E-state index in [4.69, 9.17) is 11.6 Å². The second-order valence-corrected chi connectivity index (χ2v) is 4.78. The van der Waals surface area contributed by atoms with Gasteiger partial charge in [-0.2, -0.15) is 5.10 Å². The molecule has 0 amide bonds. The van der Waals surface area contributed by atoms with E-state index in [9.17, 15) is 9.90 Å². The molecule has 0 radical (unpaired) electrons. The molecule has 0 spiro atoms. The Labute approximate surface area is 119 Å². The predicted octanol–water partition coefficient (Wildman–Crippen LogP) is 2.99. The van der Waals surface area contributed by atoms with Crippen molar-refractivity contribution in [2.75, 3.05) is 0 Å². The minimum absolute atomic E-state index is 0.00873. The first-order valence-corrected chi connectivity index (χ1v) is 6.26. The second-order valence-electron chi connectivity index (χ2n) is 4.34. The van der Waals surface area contributed by atoms with Crippen molar-refractivity contribution >= 4 is 28.6 Å². The number of fused-ring (bicyclic) bond motifs is 1. The van der Waals surface area contributed by atoms with Crippen LogP contribution in [0.15, 0.2) is 36.5 Å². The van der Waals surface area contributed by atoms with Gasteiger partial charge in [-0.1, -0.05) is 23.7 Å². The van der Waals surface area contributed by atoms with Crippen LogP contribution in [-0.4, -0.2) is 25.8 Å². The van der Waals surface area contributed by atoms with Crippen LogP contribution in [0.5, 0.6) is 0 Å². The van der Waals surface area contributed by atoms with Crippen LogP contribution in [0.2, 0.25) is 5.02 Å². The van der Waals surface area contributed by atoms with Gasteiger partial charge in [0.25, 0.3) is 0 Å². The smallest absolute Gasteiger partial charge is 0.357 e. The highest BCUT2D eigenvalue weighted by molar-refractivity contribution is 6.31. The number of pyridine rings is 1. The van der Waals surface area contributed by atoms with Crippen molar-refractivity contribution in [3.63, 3.8) is 0 Å². The lowest BCUT2D eigenvalue weighted by Gasteiger charge is -2.04. The van der Waals surface area contributed by atoms with Crippen molar-refractivity contribution < 1.29 is 9.90 Å². The topological polar surface area (TPSA) is 68.0 Å². The zero-order chi connectivity index (χ0) is 14.3. The third-order valence-corrected chi connectivity index (χ3v) is 3.30. The molecule has 5 nitrogen and oxygen atoms in total. The summed E-state index contributed by atoms with van der Waals surface area (Å²) in [5.41, 5.74) is 2.11. The maximum Gasteiger partial charge on any atom is 0.357 e. The lowest BCUT2D eigenvalue weighted by Crippen LogP contribution is -1.99. The fourth-order valence-corrected chi connectivity index (χ4v) is 2.41. The molecule has 0 saturated carbocycles. The van der Waals surface area contributed by atoms with Gasteiger partial charge in [-0.25, -0.2) is 14.5 Å². The van der Waals surface area contributed by atoms with Crippen molar-refractivity contribution in [3.05, 3.63) is 47.2 Å². The Morgan fingerprint density at radius 1 is 1.35 bits per heavy atom. The summed E-state index contributed by atoms with van der Waals surface area (Å²) in [6.45, 7) is 0. The van der Waals surface area contributed by atoms with Gasteiger partial charge in [-0.15, -0.1) is 0 Å². The number of halogens is 1. The minimum atomic E-state index is -1.08. The number of nitrogens with zero attached hydrogens (tertiary/aromatic N) is 3. The molecule has 0 aliphatic heterocycles. The number of aromatic carboxylic acids is 1. The second kappa shape index (κ2) is 4.61. The summed E-state index contributed by atoms with van der Waals surface area (Å²) >= 11 is 6.00. The quantitative estimate of drug-likeness (QED) is 0.787. The van der Waals surface area contributed by atoms with Crippen molar-refractivity contribution in [1.82, 2.24) is 14.8 Å². The van der Waals surface area contributed by atoms with E-state index >= 15 is 0 Å². The van der Waals surface area contributed by atoms with Crippen molar-refractivity contribution in [1.29, 1.82) is 0 Å². The number of carboxylic acid groups (broad SMARTS) is 1. The Kier molecular flexibility index (Phi) is 2.91. The standard InChI is InChI=1S/C14H10ClN3O2/c1-18-13-11(12(17-18)14(19)20)10(5-6-16-13)8-3-2-4-9(15)7-8/h2-7H,1H3,(H,19,20). The Hall–Kier alpha value is -2.40. The summed E-state index contributed by atoms with van der Waals surface area (Å²) in [6.07, 6.45) is 1.63. The van der Waals surface area contributed by atoms with Gasteiger partial charge in [-0.05, 0) is 29.3 Å². The molecule has 1 N–H and O–H groups in total. The number of aromatic nitrogens is 3. The van der Waals surface area contributed by atoms with Gasteiger partial charge < -0.3 is 5.11 Å². The first-order chi connectivity index (χ1) is 9.58. The molecular weight excluding hydrogens is 278 g/mol. The summed E-state index contributed by atoms with van der Waals surface area (Å²) in [5, 5.41) is 14.4. The number of carbonyl (C=O) groups is 1. The summed E-state index contributed by atoms with van der Waals surface area (Å²) in [7, 11) is 1.67. The highest BCUT2D eigenvalue weighted by atomic mass is 35.5. The van der Waals surface area contributed by atoms with Gasteiger partial charge in [0.15, 0.2) is 11.3 Å².